The molecule has 2 rings (SSSR count). The Bertz CT molecular complexity index is 633. The number of carbonyl (C=O) groups excluding carboxylic acids is 1. The van der Waals surface area contributed by atoms with Gasteiger partial charge in [0.25, 0.3) is 0 Å². The van der Waals surface area contributed by atoms with Crippen molar-refractivity contribution in [3.63, 3.8) is 0 Å². The van der Waals surface area contributed by atoms with Crippen molar-refractivity contribution in [3.05, 3.63) is 33.0 Å². The summed E-state index contributed by atoms with van der Waals surface area (Å²) < 4.78 is 1.75. The molecule has 2 aromatic heterocycles. The average molecular weight is 324 g/mol. The van der Waals surface area contributed by atoms with E-state index in [2.05, 4.69) is 21.7 Å². The summed E-state index contributed by atoms with van der Waals surface area (Å²) in [5, 5.41) is 10.4. The molecule has 21 heavy (non-hydrogen) atoms. The van der Waals surface area contributed by atoms with Crippen LogP contribution in [0.3, 0.4) is 0 Å². The summed E-state index contributed by atoms with van der Waals surface area (Å²) >= 11 is 3.39. The van der Waals surface area contributed by atoms with E-state index in [9.17, 15) is 4.79 Å². The molecule has 0 radical (unpaired) electrons. The zero-order valence-electron chi connectivity index (χ0n) is 12.8. The second-order valence-electron chi connectivity index (χ2n) is 4.90. The molecule has 5 nitrogen and oxygen atoms in total. The number of aromatic nitrogens is 3. The van der Waals surface area contributed by atoms with E-state index in [1.807, 2.05) is 26.2 Å². The molecule has 0 spiro atoms. The van der Waals surface area contributed by atoms with Gasteiger partial charge in [-0.25, -0.2) is 4.98 Å². The second kappa shape index (κ2) is 7.09. The highest BCUT2D eigenvalue weighted by Crippen LogP contribution is 2.15. The minimum atomic E-state index is -0.0417. The van der Waals surface area contributed by atoms with E-state index in [1.165, 1.54) is 0 Å². The summed E-state index contributed by atoms with van der Waals surface area (Å²) in [4.78, 5) is 16.5. The molecule has 114 valence electrons. The Hall–Kier alpha value is -1.34. The highest BCUT2D eigenvalue weighted by Gasteiger charge is 2.11. The van der Waals surface area contributed by atoms with Gasteiger partial charge in [0, 0.05) is 16.8 Å². The minimum absolute atomic E-state index is 0.0417. The third-order valence-electron chi connectivity index (χ3n) is 3.37. The summed E-state index contributed by atoms with van der Waals surface area (Å²) in [5.74, 6) is 0.879. The lowest BCUT2D eigenvalue weighted by Crippen LogP contribution is -2.28. The molecule has 2 aromatic rings. The number of thiazole rings is 1. The zero-order chi connectivity index (χ0) is 15.4. The molecule has 0 aliphatic rings. The number of aryl methyl sites for hydroxylation is 1. The molecule has 0 aliphatic heterocycles. The Labute approximate surface area is 133 Å². The fraction of sp³-hybridized carbons (Fsp3) is 0.500. The molecule has 2 heterocycles. The predicted octanol–water partition coefficient (Wildman–Crippen LogP) is 2.44. The van der Waals surface area contributed by atoms with Crippen molar-refractivity contribution >= 4 is 29.0 Å². The lowest BCUT2D eigenvalue weighted by molar-refractivity contribution is -0.122. The molecular weight excluding hydrogens is 304 g/mol. The van der Waals surface area contributed by atoms with E-state index >= 15 is 0 Å². The van der Waals surface area contributed by atoms with E-state index in [0.29, 0.717) is 6.54 Å². The molecule has 0 unspecified atom stereocenters. The molecule has 0 aliphatic carbocycles. The lowest BCUT2D eigenvalue weighted by atomic mass is 10.2. The molecule has 0 bridgehead atoms. The zero-order valence-corrected chi connectivity index (χ0v) is 14.4. The van der Waals surface area contributed by atoms with Crippen LogP contribution < -0.4 is 5.32 Å². The summed E-state index contributed by atoms with van der Waals surface area (Å²) in [6.07, 6.45) is 2.05. The van der Waals surface area contributed by atoms with Crippen LogP contribution in [-0.4, -0.2) is 26.9 Å². The molecule has 0 atom stereocenters. The van der Waals surface area contributed by atoms with Crippen molar-refractivity contribution in [2.24, 2.45) is 0 Å². The lowest BCUT2D eigenvalue weighted by Gasteiger charge is -2.05. The SMILES string of the molecule is CSCc1nc(CNC(=O)Cn2nc(C)c(C)c2C)cs1. The largest absolute Gasteiger partial charge is 0.349 e. The second-order valence-corrected chi connectivity index (χ2v) is 6.70. The molecule has 0 saturated heterocycles. The number of carbonyl (C=O) groups is 1. The van der Waals surface area contributed by atoms with Crippen LogP contribution in [0.5, 0.6) is 0 Å². The topological polar surface area (TPSA) is 59.8 Å². The molecule has 1 amide bonds. The first-order chi connectivity index (χ1) is 10.0. The first-order valence-corrected chi connectivity index (χ1v) is 8.98. The molecule has 0 saturated carbocycles. The van der Waals surface area contributed by atoms with Crippen molar-refractivity contribution in [2.75, 3.05) is 6.26 Å². The molecule has 7 heteroatoms. The average Bonchev–Trinajstić information content (AvgIpc) is 2.99. The summed E-state index contributed by atoms with van der Waals surface area (Å²) in [7, 11) is 0. The minimum Gasteiger partial charge on any atom is -0.349 e. The van der Waals surface area contributed by atoms with E-state index in [4.69, 9.17) is 0 Å². The maximum Gasteiger partial charge on any atom is 0.242 e. The predicted molar refractivity (Wildman–Crippen MR) is 87.6 cm³/mol. The number of nitrogens with zero attached hydrogens (tertiary/aromatic N) is 3. The van der Waals surface area contributed by atoms with Crippen molar-refractivity contribution in [1.82, 2.24) is 20.1 Å². The Morgan fingerprint density at radius 3 is 2.81 bits per heavy atom. The molecule has 1 N–H and O–H groups in total. The van der Waals surface area contributed by atoms with Crippen LogP contribution in [0.15, 0.2) is 5.38 Å². The standard InChI is InChI=1S/C14H20N4OS2/c1-9-10(2)17-18(11(9)3)6-13(19)15-5-12-7-21-14(16-12)8-20-4/h7H,5-6,8H2,1-4H3,(H,15,19). The number of thioether (sulfide) groups is 1. The fourth-order valence-corrected chi connectivity index (χ4v) is 3.46. The maximum absolute atomic E-state index is 12.0. The van der Waals surface area contributed by atoms with Crippen molar-refractivity contribution in [3.8, 4) is 0 Å². The third-order valence-corrected chi connectivity index (χ3v) is 5.01. The fourth-order valence-electron chi connectivity index (χ4n) is 1.94. The van der Waals surface area contributed by atoms with E-state index in [0.717, 1.165) is 33.4 Å². The number of nitrogens with one attached hydrogen (secondary N) is 1. The Morgan fingerprint density at radius 2 is 2.19 bits per heavy atom. The van der Waals surface area contributed by atoms with Gasteiger partial charge in [0.1, 0.15) is 11.6 Å². The quantitative estimate of drug-likeness (QED) is 0.886. The highest BCUT2D eigenvalue weighted by molar-refractivity contribution is 7.97. The van der Waals surface area contributed by atoms with Gasteiger partial charge in [-0.2, -0.15) is 16.9 Å². The van der Waals surface area contributed by atoms with E-state index in [-0.39, 0.29) is 12.5 Å². The van der Waals surface area contributed by atoms with Crippen LogP contribution in [-0.2, 0) is 23.6 Å². The first kappa shape index (κ1) is 16.0. The Morgan fingerprint density at radius 1 is 1.43 bits per heavy atom. The normalized spacial score (nSPS) is 10.9. The first-order valence-electron chi connectivity index (χ1n) is 6.70. The van der Waals surface area contributed by atoms with Crippen LogP contribution in [0.4, 0.5) is 0 Å². The van der Waals surface area contributed by atoms with Crippen LogP contribution in [0.2, 0.25) is 0 Å². The van der Waals surface area contributed by atoms with E-state index in [1.54, 1.807) is 27.8 Å². The van der Waals surface area contributed by atoms with Gasteiger partial charge in [-0.05, 0) is 32.6 Å². The summed E-state index contributed by atoms with van der Waals surface area (Å²) in [5.41, 5.74) is 4.08. The van der Waals surface area contributed by atoms with E-state index < -0.39 is 0 Å². The maximum atomic E-state index is 12.0. The number of hydrogen-bond acceptors (Lipinski definition) is 5. The molecular formula is C14H20N4OS2. The van der Waals surface area contributed by atoms with Gasteiger partial charge in [-0.3, -0.25) is 9.48 Å². The van der Waals surface area contributed by atoms with Gasteiger partial charge in [0.05, 0.1) is 17.9 Å². The number of rotatable bonds is 6. The summed E-state index contributed by atoms with van der Waals surface area (Å²) in [6.45, 7) is 6.69. The third kappa shape index (κ3) is 4.07. The van der Waals surface area contributed by atoms with Crippen molar-refractivity contribution < 1.29 is 4.79 Å². The van der Waals surface area contributed by atoms with Crippen molar-refractivity contribution in [2.45, 2.75) is 39.6 Å². The molecule has 0 aromatic carbocycles. The van der Waals surface area contributed by atoms with Crippen LogP contribution in [0, 0.1) is 20.8 Å². The van der Waals surface area contributed by atoms with Gasteiger partial charge in [0.15, 0.2) is 0 Å². The Kier molecular flexibility index (Phi) is 5.41. The highest BCUT2D eigenvalue weighted by atomic mass is 32.2. The Balaban J connectivity index is 1.88. The van der Waals surface area contributed by atoms with Gasteiger partial charge in [0.2, 0.25) is 5.91 Å². The monoisotopic (exact) mass is 324 g/mol. The summed E-state index contributed by atoms with van der Waals surface area (Å²) in [6, 6.07) is 0. The smallest absolute Gasteiger partial charge is 0.242 e. The van der Waals surface area contributed by atoms with Gasteiger partial charge in [-0.15, -0.1) is 11.3 Å². The number of hydrogen-bond donors (Lipinski definition) is 1. The molecule has 0 fully saturated rings. The van der Waals surface area contributed by atoms with Gasteiger partial charge < -0.3 is 5.32 Å². The van der Waals surface area contributed by atoms with Crippen molar-refractivity contribution in [1.29, 1.82) is 0 Å². The van der Waals surface area contributed by atoms with Crippen LogP contribution >= 0.6 is 23.1 Å². The number of amides is 1. The van der Waals surface area contributed by atoms with Crippen LogP contribution in [0.25, 0.3) is 0 Å². The van der Waals surface area contributed by atoms with Gasteiger partial charge in [-0.1, -0.05) is 0 Å². The van der Waals surface area contributed by atoms with Crippen LogP contribution in [0.1, 0.15) is 27.7 Å². The van der Waals surface area contributed by atoms with Gasteiger partial charge >= 0.3 is 0 Å².